The highest BCUT2D eigenvalue weighted by molar-refractivity contribution is 5.78. The van der Waals surface area contributed by atoms with Crippen molar-refractivity contribution in [3.05, 3.63) is 0 Å². The van der Waals surface area contributed by atoms with E-state index < -0.39 is 0 Å². The molecule has 0 heterocycles. The highest BCUT2D eigenvalue weighted by Gasteiger charge is 2.02. The molecule has 0 saturated carbocycles. The molecule has 0 rings (SSSR count). The Morgan fingerprint density at radius 2 is 1.33 bits per heavy atom. The van der Waals surface area contributed by atoms with E-state index in [9.17, 15) is 9.59 Å². The first-order chi connectivity index (χ1) is 7.20. The van der Waals surface area contributed by atoms with Crippen molar-refractivity contribution in [2.24, 2.45) is 0 Å². The third kappa shape index (κ3) is 9.17. The number of nitrogens with one attached hydrogen (secondary N) is 2. The summed E-state index contributed by atoms with van der Waals surface area (Å²) in [6.45, 7) is 0.901. The predicted octanol–water partition coefficient (Wildman–Crippen LogP) is -0.751. The summed E-state index contributed by atoms with van der Waals surface area (Å²) < 4.78 is 9.46. The molecule has 6 nitrogen and oxygen atoms in total. The summed E-state index contributed by atoms with van der Waals surface area (Å²) in [6.07, 6.45) is 0.592. The lowest BCUT2D eigenvalue weighted by Gasteiger charge is -2.06. The standard InChI is InChI=1S/C9H18N2O4/c1-14-5-3-8(12)10-7-11-9(13)4-6-15-2/h3-7H2,1-2H3,(H,10,12)(H,11,13). The van der Waals surface area contributed by atoms with Gasteiger partial charge in [-0.05, 0) is 0 Å². The minimum absolute atomic E-state index is 0.144. The zero-order valence-corrected chi connectivity index (χ0v) is 9.17. The maximum Gasteiger partial charge on any atom is 0.223 e. The summed E-state index contributed by atoms with van der Waals surface area (Å²) in [5, 5.41) is 5.07. The van der Waals surface area contributed by atoms with Crippen LogP contribution >= 0.6 is 0 Å². The first-order valence-corrected chi connectivity index (χ1v) is 4.72. The van der Waals surface area contributed by atoms with Gasteiger partial charge in [-0.25, -0.2) is 0 Å². The molecule has 0 fully saturated rings. The monoisotopic (exact) mass is 218 g/mol. The zero-order valence-electron chi connectivity index (χ0n) is 9.17. The number of hydrogen-bond donors (Lipinski definition) is 2. The summed E-state index contributed by atoms with van der Waals surface area (Å²) in [6, 6.07) is 0. The minimum atomic E-state index is -0.149. The molecular weight excluding hydrogens is 200 g/mol. The molecule has 0 radical (unpaired) electrons. The van der Waals surface area contributed by atoms with Crippen molar-refractivity contribution in [3.63, 3.8) is 0 Å². The fourth-order valence-electron chi connectivity index (χ4n) is 0.808. The Bertz CT molecular complexity index is 177. The predicted molar refractivity (Wildman–Crippen MR) is 54.1 cm³/mol. The van der Waals surface area contributed by atoms with Gasteiger partial charge in [0.15, 0.2) is 0 Å². The normalized spacial score (nSPS) is 9.73. The van der Waals surface area contributed by atoms with Gasteiger partial charge in [0.1, 0.15) is 0 Å². The van der Waals surface area contributed by atoms with Crippen molar-refractivity contribution < 1.29 is 19.1 Å². The molecule has 0 aliphatic rings. The van der Waals surface area contributed by atoms with Gasteiger partial charge in [0, 0.05) is 27.1 Å². The first-order valence-electron chi connectivity index (χ1n) is 4.72. The number of methoxy groups -OCH3 is 2. The third-order valence-electron chi connectivity index (χ3n) is 1.64. The molecule has 0 bridgehead atoms. The van der Waals surface area contributed by atoms with E-state index in [1.807, 2.05) is 0 Å². The largest absolute Gasteiger partial charge is 0.384 e. The van der Waals surface area contributed by atoms with Gasteiger partial charge in [0.25, 0.3) is 0 Å². The first kappa shape index (κ1) is 13.9. The molecule has 0 aromatic rings. The molecule has 0 aliphatic carbocycles. The van der Waals surface area contributed by atoms with Gasteiger partial charge >= 0.3 is 0 Å². The van der Waals surface area contributed by atoms with Crippen LogP contribution in [0, 0.1) is 0 Å². The van der Waals surface area contributed by atoms with Crippen molar-refractivity contribution in [2.45, 2.75) is 12.8 Å². The molecule has 2 amide bonds. The molecule has 0 aliphatic heterocycles. The summed E-state index contributed by atoms with van der Waals surface area (Å²) in [5.74, 6) is -0.298. The average Bonchev–Trinajstić information content (AvgIpc) is 2.23. The van der Waals surface area contributed by atoms with Crippen LogP contribution in [0.3, 0.4) is 0 Å². The van der Waals surface area contributed by atoms with E-state index in [2.05, 4.69) is 10.6 Å². The third-order valence-corrected chi connectivity index (χ3v) is 1.64. The van der Waals surface area contributed by atoms with Gasteiger partial charge in [0.05, 0.1) is 19.9 Å². The molecule has 88 valence electrons. The molecule has 0 aromatic heterocycles. The fraction of sp³-hybridized carbons (Fsp3) is 0.778. The molecule has 2 N–H and O–H groups in total. The van der Waals surface area contributed by atoms with Gasteiger partial charge in [-0.2, -0.15) is 0 Å². The van der Waals surface area contributed by atoms with Crippen LogP contribution in [0.2, 0.25) is 0 Å². The summed E-state index contributed by atoms with van der Waals surface area (Å²) in [4.78, 5) is 22.1. The second kappa shape index (κ2) is 9.42. The molecule has 0 aromatic carbocycles. The highest BCUT2D eigenvalue weighted by atomic mass is 16.5. The molecule has 0 unspecified atom stereocenters. The maximum atomic E-state index is 11.0. The van der Waals surface area contributed by atoms with E-state index in [0.29, 0.717) is 26.1 Å². The Kier molecular flexibility index (Phi) is 8.70. The van der Waals surface area contributed by atoms with E-state index in [1.165, 1.54) is 14.2 Å². The van der Waals surface area contributed by atoms with Crippen LogP contribution in [0.1, 0.15) is 12.8 Å². The van der Waals surface area contributed by atoms with Crippen LogP contribution in [0.4, 0.5) is 0 Å². The Balaban J connectivity index is 3.36. The van der Waals surface area contributed by atoms with Crippen LogP contribution < -0.4 is 10.6 Å². The Morgan fingerprint density at radius 3 is 1.67 bits per heavy atom. The topological polar surface area (TPSA) is 76.7 Å². The molecular formula is C9H18N2O4. The number of rotatable bonds is 8. The molecule has 0 saturated heterocycles. The van der Waals surface area contributed by atoms with Crippen molar-refractivity contribution in [3.8, 4) is 0 Å². The summed E-state index contributed by atoms with van der Waals surface area (Å²) >= 11 is 0. The van der Waals surface area contributed by atoms with Crippen LogP contribution in [0.5, 0.6) is 0 Å². The van der Waals surface area contributed by atoms with Crippen molar-refractivity contribution >= 4 is 11.8 Å². The van der Waals surface area contributed by atoms with Crippen LogP contribution in [-0.4, -0.2) is 45.9 Å². The van der Waals surface area contributed by atoms with Crippen LogP contribution in [0.15, 0.2) is 0 Å². The van der Waals surface area contributed by atoms with E-state index in [4.69, 9.17) is 9.47 Å². The van der Waals surface area contributed by atoms with Crippen molar-refractivity contribution in [2.75, 3.05) is 34.1 Å². The number of hydrogen-bond acceptors (Lipinski definition) is 4. The van der Waals surface area contributed by atoms with Crippen LogP contribution in [0.25, 0.3) is 0 Å². The Morgan fingerprint density at radius 1 is 0.933 bits per heavy atom. The average molecular weight is 218 g/mol. The zero-order chi connectivity index (χ0) is 11.5. The minimum Gasteiger partial charge on any atom is -0.384 e. The number of ether oxygens (including phenoxy) is 2. The number of amides is 2. The van der Waals surface area contributed by atoms with Crippen LogP contribution in [-0.2, 0) is 19.1 Å². The molecule has 0 atom stereocenters. The Labute approximate surface area is 89.3 Å². The SMILES string of the molecule is COCCC(=O)NCNC(=O)CCOC. The van der Waals surface area contributed by atoms with Crippen molar-refractivity contribution in [1.29, 1.82) is 0 Å². The highest BCUT2D eigenvalue weighted by Crippen LogP contribution is 1.81. The molecule has 6 heteroatoms. The maximum absolute atomic E-state index is 11.0. The van der Waals surface area contributed by atoms with Gasteiger partial charge in [-0.1, -0.05) is 0 Å². The quantitative estimate of drug-likeness (QED) is 0.525. The summed E-state index contributed by atoms with van der Waals surface area (Å²) in [7, 11) is 3.06. The number of carbonyl (C=O) groups is 2. The Hall–Kier alpha value is -1.14. The van der Waals surface area contributed by atoms with Gasteiger partial charge in [0.2, 0.25) is 11.8 Å². The second-order valence-electron chi connectivity index (χ2n) is 2.86. The number of carbonyl (C=O) groups excluding carboxylic acids is 2. The molecule has 0 spiro atoms. The lowest BCUT2D eigenvalue weighted by atomic mass is 10.4. The second-order valence-corrected chi connectivity index (χ2v) is 2.86. The van der Waals surface area contributed by atoms with E-state index in [0.717, 1.165) is 0 Å². The lowest BCUT2D eigenvalue weighted by Crippen LogP contribution is -2.37. The fourth-order valence-corrected chi connectivity index (χ4v) is 0.808. The van der Waals surface area contributed by atoms with E-state index in [1.54, 1.807) is 0 Å². The smallest absolute Gasteiger partial charge is 0.223 e. The van der Waals surface area contributed by atoms with Gasteiger partial charge < -0.3 is 20.1 Å². The van der Waals surface area contributed by atoms with Gasteiger partial charge in [-0.3, -0.25) is 9.59 Å². The lowest BCUT2D eigenvalue weighted by molar-refractivity contribution is -0.123. The summed E-state index contributed by atoms with van der Waals surface area (Å²) in [5.41, 5.74) is 0. The van der Waals surface area contributed by atoms with Gasteiger partial charge in [-0.15, -0.1) is 0 Å². The van der Waals surface area contributed by atoms with Crippen molar-refractivity contribution in [1.82, 2.24) is 10.6 Å². The molecule has 15 heavy (non-hydrogen) atoms. The van der Waals surface area contributed by atoms with E-state index >= 15 is 0 Å². The van der Waals surface area contributed by atoms with E-state index in [-0.39, 0.29) is 18.5 Å².